The van der Waals surface area contributed by atoms with Crippen LogP contribution in [0.25, 0.3) is 5.65 Å². The van der Waals surface area contributed by atoms with Crippen molar-refractivity contribution in [2.45, 2.75) is 13.3 Å². The van der Waals surface area contributed by atoms with E-state index >= 15 is 0 Å². The van der Waals surface area contributed by atoms with Crippen molar-refractivity contribution < 1.29 is 4.21 Å². The number of rotatable bonds is 5. The SMILES string of the molecule is Cc1ccc2nc(NCCCS(C)=O)nn2c1. The second kappa shape index (κ2) is 5.27. The molecule has 0 spiro atoms. The monoisotopic (exact) mass is 252 g/mol. The lowest BCUT2D eigenvalue weighted by atomic mass is 10.3. The summed E-state index contributed by atoms with van der Waals surface area (Å²) >= 11 is 0. The summed E-state index contributed by atoms with van der Waals surface area (Å²) < 4.78 is 12.6. The molecule has 0 amide bonds. The first-order valence-corrected chi connectivity index (χ1v) is 7.25. The highest BCUT2D eigenvalue weighted by atomic mass is 32.2. The van der Waals surface area contributed by atoms with Crippen molar-refractivity contribution in [1.29, 1.82) is 0 Å². The Balaban J connectivity index is 1.97. The number of aryl methyl sites for hydroxylation is 1. The van der Waals surface area contributed by atoms with E-state index in [9.17, 15) is 4.21 Å². The van der Waals surface area contributed by atoms with Crippen molar-refractivity contribution >= 4 is 22.4 Å². The molecule has 0 bridgehead atoms. The molecular formula is C11H16N4OS. The lowest BCUT2D eigenvalue weighted by Gasteiger charge is -1.99. The molecule has 0 aliphatic rings. The van der Waals surface area contributed by atoms with Crippen molar-refractivity contribution in [3.8, 4) is 0 Å². The van der Waals surface area contributed by atoms with E-state index in [1.54, 1.807) is 10.8 Å². The molecule has 5 nitrogen and oxygen atoms in total. The van der Waals surface area contributed by atoms with Crippen LogP contribution in [0.3, 0.4) is 0 Å². The number of anilines is 1. The fourth-order valence-electron chi connectivity index (χ4n) is 1.54. The number of fused-ring (bicyclic) bond motifs is 1. The molecule has 0 aliphatic heterocycles. The predicted octanol–water partition coefficient (Wildman–Crippen LogP) is 1.22. The standard InChI is InChI=1S/C11H16N4OS/c1-9-4-5-10-13-11(14-15(10)8-9)12-6-3-7-17(2)16/h4-5,8H,3,6-7H2,1-2H3,(H,12,14). The van der Waals surface area contributed by atoms with Gasteiger partial charge in [0.05, 0.1) is 0 Å². The van der Waals surface area contributed by atoms with E-state index in [4.69, 9.17) is 0 Å². The van der Waals surface area contributed by atoms with Crippen LogP contribution in [-0.4, -0.2) is 37.4 Å². The molecule has 0 fully saturated rings. The largest absolute Gasteiger partial charge is 0.353 e. The molecule has 2 aromatic rings. The molecule has 0 saturated carbocycles. The van der Waals surface area contributed by atoms with Crippen LogP contribution in [0.2, 0.25) is 0 Å². The van der Waals surface area contributed by atoms with E-state index in [0.717, 1.165) is 24.2 Å². The van der Waals surface area contributed by atoms with Gasteiger partial charge < -0.3 is 5.32 Å². The van der Waals surface area contributed by atoms with E-state index < -0.39 is 10.8 Å². The Labute approximate surface area is 103 Å². The quantitative estimate of drug-likeness (QED) is 0.813. The number of hydrogen-bond acceptors (Lipinski definition) is 4. The van der Waals surface area contributed by atoms with Gasteiger partial charge in [-0.05, 0) is 25.0 Å². The Kier molecular flexibility index (Phi) is 3.73. The Morgan fingerprint density at radius 3 is 3.06 bits per heavy atom. The second-order valence-electron chi connectivity index (χ2n) is 4.00. The molecule has 0 aromatic carbocycles. The first-order valence-electron chi connectivity index (χ1n) is 5.52. The minimum Gasteiger partial charge on any atom is -0.353 e. The zero-order valence-corrected chi connectivity index (χ0v) is 10.8. The average Bonchev–Trinajstić information content (AvgIpc) is 2.66. The first kappa shape index (κ1) is 12.0. The van der Waals surface area contributed by atoms with E-state index in [2.05, 4.69) is 15.4 Å². The Bertz CT molecular complexity index is 537. The van der Waals surface area contributed by atoms with Gasteiger partial charge in [0, 0.05) is 35.5 Å². The maximum absolute atomic E-state index is 10.9. The zero-order valence-electron chi connectivity index (χ0n) is 10.0. The maximum Gasteiger partial charge on any atom is 0.243 e. The molecule has 1 N–H and O–H groups in total. The summed E-state index contributed by atoms with van der Waals surface area (Å²) in [6.07, 6.45) is 4.51. The lowest BCUT2D eigenvalue weighted by molar-refractivity contribution is 0.685. The smallest absolute Gasteiger partial charge is 0.243 e. The van der Waals surface area contributed by atoms with E-state index in [0.29, 0.717) is 11.7 Å². The van der Waals surface area contributed by atoms with Crippen LogP contribution in [0.4, 0.5) is 5.95 Å². The topological polar surface area (TPSA) is 59.3 Å². The maximum atomic E-state index is 10.9. The highest BCUT2D eigenvalue weighted by Crippen LogP contribution is 2.06. The predicted molar refractivity (Wildman–Crippen MR) is 69.8 cm³/mol. The zero-order chi connectivity index (χ0) is 12.3. The average molecular weight is 252 g/mol. The summed E-state index contributed by atoms with van der Waals surface area (Å²) in [5.41, 5.74) is 1.98. The van der Waals surface area contributed by atoms with Gasteiger partial charge >= 0.3 is 0 Å². The summed E-state index contributed by atoms with van der Waals surface area (Å²) in [6.45, 7) is 2.76. The van der Waals surface area contributed by atoms with Crippen LogP contribution in [0.1, 0.15) is 12.0 Å². The molecule has 2 aromatic heterocycles. The lowest BCUT2D eigenvalue weighted by Crippen LogP contribution is -2.07. The van der Waals surface area contributed by atoms with E-state index in [1.807, 2.05) is 25.3 Å². The molecule has 6 heteroatoms. The number of nitrogens with one attached hydrogen (secondary N) is 1. The molecular weight excluding hydrogens is 236 g/mol. The Morgan fingerprint density at radius 1 is 1.47 bits per heavy atom. The van der Waals surface area contributed by atoms with Crippen molar-refractivity contribution in [3.63, 3.8) is 0 Å². The third kappa shape index (κ3) is 3.26. The van der Waals surface area contributed by atoms with Gasteiger partial charge in [0.15, 0.2) is 5.65 Å². The first-order chi connectivity index (χ1) is 8.15. The second-order valence-corrected chi connectivity index (χ2v) is 5.56. The van der Waals surface area contributed by atoms with Gasteiger partial charge in [-0.1, -0.05) is 6.07 Å². The van der Waals surface area contributed by atoms with Gasteiger partial charge in [-0.2, -0.15) is 4.98 Å². The van der Waals surface area contributed by atoms with Gasteiger partial charge in [0.2, 0.25) is 5.95 Å². The van der Waals surface area contributed by atoms with Crippen LogP contribution in [0.15, 0.2) is 18.3 Å². The van der Waals surface area contributed by atoms with Crippen LogP contribution in [-0.2, 0) is 10.8 Å². The summed E-state index contributed by atoms with van der Waals surface area (Å²) in [7, 11) is -0.727. The highest BCUT2D eigenvalue weighted by Gasteiger charge is 2.02. The molecule has 0 aliphatic carbocycles. The van der Waals surface area contributed by atoms with Crippen LogP contribution in [0, 0.1) is 6.92 Å². The van der Waals surface area contributed by atoms with Gasteiger partial charge in [-0.15, -0.1) is 5.10 Å². The van der Waals surface area contributed by atoms with Gasteiger partial charge in [-0.25, -0.2) is 4.52 Å². The van der Waals surface area contributed by atoms with E-state index in [1.165, 1.54) is 0 Å². The molecule has 0 saturated heterocycles. The number of nitrogens with zero attached hydrogens (tertiary/aromatic N) is 3. The number of aromatic nitrogens is 3. The van der Waals surface area contributed by atoms with Gasteiger partial charge in [0.25, 0.3) is 0 Å². The highest BCUT2D eigenvalue weighted by molar-refractivity contribution is 7.84. The Hall–Kier alpha value is -1.43. The van der Waals surface area contributed by atoms with Crippen LogP contribution in [0.5, 0.6) is 0 Å². The minimum atomic E-state index is -0.727. The molecule has 1 atom stereocenters. The van der Waals surface area contributed by atoms with Crippen molar-refractivity contribution in [2.24, 2.45) is 0 Å². The minimum absolute atomic E-state index is 0.623. The van der Waals surface area contributed by atoms with Gasteiger partial charge in [-0.3, -0.25) is 4.21 Å². The van der Waals surface area contributed by atoms with Crippen molar-refractivity contribution in [3.05, 3.63) is 23.9 Å². The van der Waals surface area contributed by atoms with Gasteiger partial charge in [0.1, 0.15) is 0 Å². The summed E-state index contributed by atoms with van der Waals surface area (Å²) in [5.74, 6) is 1.33. The van der Waals surface area contributed by atoms with E-state index in [-0.39, 0.29) is 0 Å². The summed E-state index contributed by atoms with van der Waals surface area (Å²) in [4.78, 5) is 4.34. The molecule has 17 heavy (non-hydrogen) atoms. The Morgan fingerprint density at radius 2 is 2.29 bits per heavy atom. The molecule has 1 unspecified atom stereocenters. The molecule has 2 rings (SSSR count). The summed E-state index contributed by atoms with van der Waals surface area (Å²) in [6, 6.07) is 3.95. The normalized spacial score (nSPS) is 12.8. The number of pyridine rings is 1. The third-order valence-corrected chi connectivity index (χ3v) is 3.23. The van der Waals surface area contributed by atoms with Crippen LogP contribution >= 0.6 is 0 Å². The fourth-order valence-corrected chi connectivity index (χ4v) is 2.09. The fraction of sp³-hybridized carbons (Fsp3) is 0.455. The number of hydrogen-bond donors (Lipinski definition) is 1. The van der Waals surface area contributed by atoms with Crippen LogP contribution < -0.4 is 5.32 Å². The summed E-state index contributed by atoms with van der Waals surface area (Å²) in [5, 5.41) is 7.44. The van der Waals surface area contributed by atoms with Crippen molar-refractivity contribution in [2.75, 3.05) is 23.9 Å². The van der Waals surface area contributed by atoms with Crippen molar-refractivity contribution in [1.82, 2.24) is 14.6 Å². The molecule has 92 valence electrons. The molecule has 2 heterocycles. The third-order valence-electron chi connectivity index (χ3n) is 2.37. The molecule has 0 radical (unpaired) electrons.